The number of nitrogens with zero attached hydrogens (tertiary/aromatic N) is 2. The summed E-state index contributed by atoms with van der Waals surface area (Å²) in [6, 6.07) is 2.99. The number of halogens is 1. The number of aromatic nitrogens is 2. The predicted octanol–water partition coefficient (Wildman–Crippen LogP) is 1.75. The first-order valence-electron chi connectivity index (χ1n) is 5.21. The van der Waals surface area contributed by atoms with Crippen LogP contribution in [-0.2, 0) is 6.42 Å². The van der Waals surface area contributed by atoms with Crippen LogP contribution in [0.5, 0.6) is 0 Å². The molecule has 0 aliphatic rings. The van der Waals surface area contributed by atoms with Gasteiger partial charge in [-0.15, -0.1) is 0 Å². The topological polar surface area (TPSA) is 77.0 Å². The summed E-state index contributed by atoms with van der Waals surface area (Å²) in [5, 5.41) is 6.79. The van der Waals surface area contributed by atoms with Crippen molar-refractivity contribution in [3.63, 3.8) is 0 Å². The van der Waals surface area contributed by atoms with Gasteiger partial charge in [-0.25, -0.2) is 4.39 Å². The third-order valence-electron chi connectivity index (χ3n) is 2.40. The summed E-state index contributed by atoms with van der Waals surface area (Å²) in [7, 11) is 0. The molecular formula is C11H13FN4O. The molecule has 0 saturated heterocycles. The van der Waals surface area contributed by atoms with Crippen LogP contribution in [0.2, 0.25) is 0 Å². The second kappa shape index (κ2) is 4.82. The Labute approximate surface area is 97.8 Å². The molecule has 0 radical (unpaired) electrons. The van der Waals surface area contributed by atoms with Crippen molar-refractivity contribution in [2.45, 2.75) is 13.3 Å². The summed E-state index contributed by atoms with van der Waals surface area (Å²) >= 11 is 0. The van der Waals surface area contributed by atoms with Crippen molar-refractivity contribution in [2.75, 3.05) is 17.6 Å². The fourth-order valence-corrected chi connectivity index (χ4v) is 1.46. The summed E-state index contributed by atoms with van der Waals surface area (Å²) in [6.07, 6.45) is 1.90. The summed E-state index contributed by atoms with van der Waals surface area (Å²) in [6.45, 7) is 2.30. The number of rotatable bonds is 4. The second-order valence-corrected chi connectivity index (χ2v) is 3.71. The average molecular weight is 236 g/mol. The molecule has 1 heterocycles. The highest BCUT2D eigenvalue weighted by atomic mass is 19.1. The minimum absolute atomic E-state index is 0.300. The highest BCUT2D eigenvalue weighted by molar-refractivity contribution is 5.67. The number of hydrogen-bond donors (Lipinski definition) is 2. The Morgan fingerprint density at radius 2 is 2.29 bits per heavy atom. The Hall–Kier alpha value is -2.11. The van der Waals surface area contributed by atoms with E-state index in [1.807, 2.05) is 0 Å². The average Bonchev–Trinajstić information content (AvgIpc) is 2.78. The number of hydrogen-bond acceptors (Lipinski definition) is 5. The number of nitrogens with two attached hydrogens (primary N) is 1. The monoisotopic (exact) mass is 236 g/mol. The van der Waals surface area contributed by atoms with Gasteiger partial charge in [0.2, 0.25) is 6.39 Å². The van der Waals surface area contributed by atoms with Crippen LogP contribution in [0, 0.1) is 12.7 Å². The van der Waals surface area contributed by atoms with Crippen LogP contribution in [0.25, 0.3) is 0 Å². The van der Waals surface area contributed by atoms with Crippen LogP contribution >= 0.6 is 0 Å². The van der Waals surface area contributed by atoms with Crippen molar-refractivity contribution in [1.82, 2.24) is 10.1 Å². The molecule has 6 heteroatoms. The Bertz CT molecular complexity index is 498. The van der Waals surface area contributed by atoms with Gasteiger partial charge in [-0.2, -0.15) is 4.98 Å². The molecule has 0 atom stereocenters. The van der Waals surface area contributed by atoms with E-state index in [1.165, 1.54) is 12.5 Å². The Kier molecular flexibility index (Phi) is 3.22. The minimum atomic E-state index is -0.300. The number of nitrogen functional groups attached to an aromatic ring is 1. The number of benzene rings is 1. The van der Waals surface area contributed by atoms with Crippen molar-refractivity contribution in [3.05, 3.63) is 35.7 Å². The maximum absolute atomic E-state index is 13.2. The van der Waals surface area contributed by atoms with Gasteiger partial charge in [0.25, 0.3) is 0 Å². The molecule has 0 bridgehead atoms. The van der Waals surface area contributed by atoms with E-state index in [4.69, 9.17) is 5.73 Å². The molecule has 0 unspecified atom stereocenters. The van der Waals surface area contributed by atoms with Crippen LogP contribution in [0.4, 0.5) is 15.8 Å². The van der Waals surface area contributed by atoms with Crippen LogP contribution in [0.15, 0.2) is 23.0 Å². The molecular weight excluding hydrogens is 223 g/mol. The third kappa shape index (κ3) is 2.72. The number of nitrogens with one attached hydrogen (secondary N) is 1. The van der Waals surface area contributed by atoms with Gasteiger partial charge >= 0.3 is 0 Å². The van der Waals surface area contributed by atoms with E-state index in [0.717, 1.165) is 0 Å². The number of anilines is 2. The van der Waals surface area contributed by atoms with Crippen molar-refractivity contribution in [2.24, 2.45) is 0 Å². The summed E-state index contributed by atoms with van der Waals surface area (Å²) in [5.74, 6) is 0.320. The second-order valence-electron chi connectivity index (χ2n) is 3.71. The quantitative estimate of drug-likeness (QED) is 0.791. The largest absolute Gasteiger partial charge is 0.397 e. The molecule has 0 saturated carbocycles. The fourth-order valence-electron chi connectivity index (χ4n) is 1.46. The number of aryl methyl sites for hydroxylation is 1. The standard InChI is InChI=1S/C11H13FN4O/c1-7-4-10(9(13)5-8(7)12)14-3-2-11-15-6-17-16-11/h4-6,14H,2-3,13H2,1H3. The van der Waals surface area contributed by atoms with E-state index in [0.29, 0.717) is 35.7 Å². The van der Waals surface area contributed by atoms with Crippen LogP contribution in [0.3, 0.4) is 0 Å². The molecule has 0 aliphatic heterocycles. The maximum atomic E-state index is 13.2. The molecule has 0 amide bonds. The molecule has 1 aromatic carbocycles. The molecule has 0 fully saturated rings. The van der Waals surface area contributed by atoms with E-state index in [-0.39, 0.29) is 5.82 Å². The van der Waals surface area contributed by atoms with Crippen LogP contribution in [-0.4, -0.2) is 16.7 Å². The zero-order chi connectivity index (χ0) is 12.3. The summed E-state index contributed by atoms with van der Waals surface area (Å²) in [4.78, 5) is 3.89. The molecule has 2 aromatic rings. The Morgan fingerprint density at radius 3 is 3.00 bits per heavy atom. The Morgan fingerprint density at radius 1 is 1.47 bits per heavy atom. The molecule has 3 N–H and O–H groups in total. The van der Waals surface area contributed by atoms with Gasteiger partial charge in [0, 0.05) is 13.0 Å². The first kappa shape index (κ1) is 11.4. The first-order valence-corrected chi connectivity index (χ1v) is 5.21. The van der Waals surface area contributed by atoms with E-state index in [9.17, 15) is 4.39 Å². The van der Waals surface area contributed by atoms with Crippen LogP contribution in [0.1, 0.15) is 11.4 Å². The highest BCUT2D eigenvalue weighted by Gasteiger charge is 2.05. The van der Waals surface area contributed by atoms with Gasteiger partial charge in [0.1, 0.15) is 5.82 Å². The lowest BCUT2D eigenvalue weighted by atomic mass is 10.2. The van der Waals surface area contributed by atoms with Crippen molar-refractivity contribution in [1.29, 1.82) is 0 Å². The van der Waals surface area contributed by atoms with E-state index in [2.05, 4.69) is 20.0 Å². The van der Waals surface area contributed by atoms with E-state index < -0.39 is 0 Å². The van der Waals surface area contributed by atoms with Gasteiger partial charge in [-0.1, -0.05) is 5.16 Å². The zero-order valence-electron chi connectivity index (χ0n) is 9.40. The molecule has 5 nitrogen and oxygen atoms in total. The van der Waals surface area contributed by atoms with Gasteiger partial charge in [0.05, 0.1) is 11.4 Å². The van der Waals surface area contributed by atoms with Crippen molar-refractivity contribution in [3.8, 4) is 0 Å². The van der Waals surface area contributed by atoms with Gasteiger partial charge in [0.15, 0.2) is 5.82 Å². The Balaban J connectivity index is 1.97. The minimum Gasteiger partial charge on any atom is -0.397 e. The molecule has 2 rings (SSSR count). The van der Waals surface area contributed by atoms with E-state index >= 15 is 0 Å². The first-order chi connectivity index (χ1) is 8.16. The van der Waals surface area contributed by atoms with Crippen molar-refractivity contribution < 1.29 is 8.91 Å². The summed E-state index contributed by atoms with van der Waals surface area (Å²) in [5.41, 5.74) is 7.36. The predicted molar refractivity (Wildman–Crippen MR) is 62.0 cm³/mol. The molecule has 1 aromatic heterocycles. The van der Waals surface area contributed by atoms with E-state index in [1.54, 1.807) is 13.0 Å². The molecule has 0 aliphatic carbocycles. The van der Waals surface area contributed by atoms with Gasteiger partial charge < -0.3 is 15.6 Å². The molecule has 17 heavy (non-hydrogen) atoms. The summed E-state index contributed by atoms with van der Waals surface area (Å²) < 4.78 is 17.8. The lowest BCUT2D eigenvalue weighted by molar-refractivity contribution is 0.410. The normalized spacial score (nSPS) is 10.5. The maximum Gasteiger partial charge on any atom is 0.213 e. The zero-order valence-corrected chi connectivity index (χ0v) is 9.40. The van der Waals surface area contributed by atoms with Crippen molar-refractivity contribution >= 4 is 11.4 Å². The fraction of sp³-hybridized carbons (Fsp3) is 0.273. The van der Waals surface area contributed by atoms with Gasteiger partial charge in [-0.3, -0.25) is 0 Å². The highest BCUT2D eigenvalue weighted by Crippen LogP contribution is 2.22. The third-order valence-corrected chi connectivity index (χ3v) is 2.40. The SMILES string of the molecule is Cc1cc(NCCc2ncon2)c(N)cc1F. The smallest absolute Gasteiger partial charge is 0.213 e. The molecule has 90 valence electrons. The van der Waals surface area contributed by atoms with Crippen LogP contribution < -0.4 is 11.1 Å². The van der Waals surface area contributed by atoms with Gasteiger partial charge in [-0.05, 0) is 24.6 Å². The lowest BCUT2D eigenvalue weighted by Crippen LogP contribution is -2.08. The lowest BCUT2D eigenvalue weighted by Gasteiger charge is -2.09. The molecule has 0 spiro atoms.